The summed E-state index contributed by atoms with van der Waals surface area (Å²) in [5.41, 5.74) is 8.20. The van der Waals surface area contributed by atoms with Crippen molar-refractivity contribution in [1.82, 2.24) is 9.55 Å². The molecular formula is C9H10BrN3O. The number of anilines is 1. The van der Waals surface area contributed by atoms with Gasteiger partial charge < -0.3 is 15.4 Å². The Kier molecular flexibility index (Phi) is 2.43. The van der Waals surface area contributed by atoms with E-state index in [1.54, 1.807) is 6.33 Å². The van der Waals surface area contributed by atoms with Crippen LogP contribution in [0.5, 0.6) is 0 Å². The lowest BCUT2D eigenvalue weighted by Gasteiger charge is -2.02. The molecule has 2 aromatic rings. The van der Waals surface area contributed by atoms with E-state index >= 15 is 0 Å². The first-order valence-electron chi connectivity index (χ1n) is 4.23. The van der Waals surface area contributed by atoms with E-state index < -0.39 is 0 Å². The highest BCUT2D eigenvalue weighted by Gasteiger charge is 2.06. The van der Waals surface area contributed by atoms with Crippen molar-refractivity contribution < 1.29 is 5.11 Å². The molecular weight excluding hydrogens is 246 g/mol. The van der Waals surface area contributed by atoms with Gasteiger partial charge in [0.15, 0.2) is 0 Å². The number of nitrogens with two attached hydrogens (primary N) is 1. The molecule has 5 heteroatoms. The lowest BCUT2D eigenvalue weighted by atomic mass is 10.3. The van der Waals surface area contributed by atoms with Gasteiger partial charge in [-0.05, 0) is 28.1 Å². The van der Waals surface area contributed by atoms with Crippen molar-refractivity contribution in [2.45, 2.75) is 6.54 Å². The number of imidazole rings is 1. The molecule has 4 nitrogen and oxygen atoms in total. The molecule has 14 heavy (non-hydrogen) atoms. The molecule has 0 saturated heterocycles. The van der Waals surface area contributed by atoms with Gasteiger partial charge in [0.05, 0.1) is 18.5 Å². The third kappa shape index (κ3) is 1.49. The first kappa shape index (κ1) is 9.48. The maximum atomic E-state index is 8.84. The summed E-state index contributed by atoms with van der Waals surface area (Å²) in [5, 5.41) is 8.84. The van der Waals surface area contributed by atoms with E-state index in [4.69, 9.17) is 10.8 Å². The number of aliphatic hydroxyl groups is 1. The van der Waals surface area contributed by atoms with Gasteiger partial charge in [0.2, 0.25) is 0 Å². The van der Waals surface area contributed by atoms with Crippen molar-refractivity contribution in [3.8, 4) is 0 Å². The molecule has 0 spiro atoms. The molecule has 0 fully saturated rings. The highest BCUT2D eigenvalue weighted by Crippen LogP contribution is 2.25. The number of nitrogens with zero attached hydrogens (tertiary/aromatic N) is 2. The molecule has 1 heterocycles. The average molecular weight is 256 g/mol. The van der Waals surface area contributed by atoms with E-state index in [1.807, 2.05) is 16.7 Å². The van der Waals surface area contributed by atoms with Crippen LogP contribution in [-0.2, 0) is 6.54 Å². The Morgan fingerprint density at radius 3 is 3.00 bits per heavy atom. The van der Waals surface area contributed by atoms with Gasteiger partial charge in [0, 0.05) is 16.7 Å². The Morgan fingerprint density at radius 1 is 1.50 bits per heavy atom. The first-order valence-corrected chi connectivity index (χ1v) is 5.02. The third-order valence-corrected chi connectivity index (χ3v) is 2.65. The first-order chi connectivity index (χ1) is 6.72. The third-order valence-electron chi connectivity index (χ3n) is 2.04. The topological polar surface area (TPSA) is 64.1 Å². The predicted octanol–water partition coefficient (Wildman–Crippen LogP) is 1.37. The van der Waals surface area contributed by atoms with E-state index in [2.05, 4.69) is 20.9 Å². The van der Waals surface area contributed by atoms with Crippen LogP contribution in [0.25, 0.3) is 11.0 Å². The SMILES string of the molecule is Nc1cc(Br)c2ncn(CCO)c2c1. The number of aromatic nitrogens is 2. The minimum atomic E-state index is 0.0951. The second kappa shape index (κ2) is 3.59. The van der Waals surface area contributed by atoms with Gasteiger partial charge in [-0.25, -0.2) is 4.98 Å². The fourth-order valence-electron chi connectivity index (χ4n) is 1.43. The summed E-state index contributed by atoms with van der Waals surface area (Å²) in [6, 6.07) is 3.67. The van der Waals surface area contributed by atoms with Crippen molar-refractivity contribution in [3.05, 3.63) is 22.9 Å². The van der Waals surface area contributed by atoms with Gasteiger partial charge in [-0.2, -0.15) is 0 Å². The summed E-state index contributed by atoms with van der Waals surface area (Å²) in [6.07, 6.45) is 1.70. The second-order valence-corrected chi connectivity index (χ2v) is 3.89. The molecule has 1 aromatic heterocycles. The van der Waals surface area contributed by atoms with Crippen molar-refractivity contribution in [3.63, 3.8) is 0 Å². The summed E-state index contributed by atoms with van der Waals surface area (Å²) >= 11 is 3.39. The summed E-state index contributed by atoms with van der Waals surface area (Å²) in [7, 11) is 0. The zero-order valence-electron chi connectivity index (χ0n) is 7.44. The zero-order chi connectivity index (χ0) is 10.1. The molecule has 0 aliphatic carbocycles. The van der Waals surface area contributed by atoms with E-state index in [-0.39, 0.29) is 6.61 Å². The predicted molar refractivity (Wildman–Crippen MR) is 58.9 cm³/mol. The Hall–Kier alpha value is -1.07. The second-order valence-electron chi connectivity index (χ2n) is 3.03. The maximum Gasteiger partial charge on any atom is 0.103 e. The summed E-state index contributed by atoms with van der Waals surface area (Å²) in [6.45, 7) is 0.629. The van der Waals surface area contributed by atoms with Crippen LogP contribution in [0.4, 0.5) is 5.69 Å². The van der Waals surface area contributed by atoms with Crippen molar-refractivity contribution in [2.75, 3.05) is 12.3 Å². The molecule has 0 aliphatic rings. The molecule has 2 rings (SSSR count). The number of hydrogen-bond acceptors (Lipinski definition) is 3. The minimum Gasteiger partial charge on any atom is -0.399 e. The zero-order valence-corrected chi connectivity index (χ0v) is 9.03. The normalized spacial score (nSPS) is 11.0. The number of halogens is 1. The summed E-state index contributed by atoms with van der Waals surface area (Å²) in [4.78, 5) is 4.23. The van der Waals surface area contributed by atoms with Crippen LogP contribution in [0.3, 0.4) is 0 Å². The molecule has 0 unspecified atom stereocenters. The molecule has 0 bridgehead atoms. The van der Waals surface area contributed by atoms with Crippen LogP contribution >= 0.6 is 15.9 Å². The Morgan fingerprint density at radius 2 is 2.29 bits per heavy atom. The van der Waals surface area contributed by atoms with Gasteiger partial charge in [-0.15, -0.1) is 0 Å². The molecule has 0 saturated carbocycles. The number of aliphatic hydroxyl groups excluding tert-OH is 1. The average Bonchev–Trinajstić information content (AvgIpc) is 2.49. The smallest absolute Gasteiger partial charge is 0.103 e. The van der Waals surface area contributed by atoms with E-state index in [9.17, 15) is 0 Å². The minimum absolute atomic E-state index is 0.0951. The van der Waals surface area contributed by atoms with Crippen molar-refractivity contribution in [1.29, 1.82) is 0 Å². The molecule has 0 aliphatic heterocycles. The Labute approximate surface area is 89.5 Å². The highest BCUT2D eigenvalue weighted by atomic mass is 79.9. The van der Waals surface area contributed by atoms with Gasteiger partial charge in [0.1, 0.15) is 5.52 Å². The largest absolute Gasteiger partial charge is 0.399 e. The Balaban J connectivity index is 2.66. The van der Waals surface area contributed by atoms with Crippen LogP contribution in [0.1, 0.15) is 0 Å². The van der Waals surface area contributed by atoms with E-state index in [0.717, 1.165) is 15.5 Å². The quantitative estimate of drug-likeness (QED) is 0.797. The molecule has 0 amide bonds. The monoisotopic (exact) mass is 255 g/mol. The van der Waals surface area contributed by atoms with Gasteiger partial charge in [-0.3, -0.25) is 0 Å². The highest BCUT2D eigenvalue weighted by molar-refractivity contribution is 9.10. The molecule has 0 atom stereocenters. The van der Waals surface area contributed by atoms with Crippen LogP contribution in [0.15, 0.2) is 22.9 Å². The number of nitrogen functional groups attached to an aromatic ring is 1. The van der Waals surface area contributed by atoms with Gasteiger partial charge in [0.25, 0.3) is 0 Å². The molecule has 74 valence electrons. The number of rotatable bonds is 2. The van der Waals surface area contributed by atoms with E-state index in [1.165, 1.54) is 0 Å². The van der Waals surface area contributed by atoms with E-state index in [0.29, 0.717) is 12.2 Å². The Bertz CT molecular complexity index is 466. The lowest BCUT2D eigenvalue weighted by molar-refractivity contribution is 0.278. The van der Waals surface area contributed by atoms with Crippen molar-refractivity contribution >= 4 is 32.7 Å². The maximum absolute atomic E-state index is 8.84. The van der Waals surface area contributed by atoms with Crippen LogP contribution in [0, 0.1) is 0 Å². The van der Waals surface area contributed by atoms with Gasteiger partial charge in [-0.1, -0.05) is 0 Å². The lowest BCUT2D eigenvalue weighted by Crippen LogP contribution is -2.00. The number of hydrogen-bond donors (Lipinski definition) is 2. The van der Waals surface area contributed by atoms with Crippen LogP contribution in [0.2, 0.25) is 0 Å². The summed E-state index contributed by atoms with van der Waals surface area (Å²) in [5.74, 6) is 0. The van der Waals surface area contributed by atoms with Crippen LogP contribution < -0.4 is 5.73 Å². The summed E-state index contributed by atoms with van der Waals surface area (Å²) < 4.78 is 2.75. The standard InChI is InChI=1S/C9H10BrN3O/c10-7-3-6(11)4-8-9(7)12-5-13(8)1-2-14/h3-5,14H,1-2,11H2. The molecule has 1 aromatic carbocycles. The van der Waals surface area contributed by atoms with Crippen LogP contribution in [-0.4, -0.2) is 21.3 Å². The van der Waals surface area contributed by atoms with Gasteiger partial charge >= 0.3 is 0 Å². The number of fused-ring (bicyclic) bond motifs is 1. The fourth-order valence-corrected chi connectivity index (χ4v) is 2.00. The fraction of sp³-hybridized carbons (Fsp3) is 0.222. The molecule has 0 radical (unpaired) electrons. The number of benzene rings is 1. The molecule has 3 N–H and O–H groups in total. The van der Waals surface area contributed by atoms with Crippen molar-refractivity contribution in [2.24, 2.45) is 0 Å².